The molecular weight excluding hydrogens is 227 g/mol. The highest BCUT2D eigenvalue weighted by Gasteiger charge is 2.30. The van der Waals surface area contributed by atoms with Crippen molar-refractivity contribution < 1.29 is 14.3 Å². The fourth-order valence-electron chi connectivity index (χ4n) is 1.87. The van der Waals surface area contributed by atoms with Gasteiger partial charge in [0, 0.05) is 13.1 Å². The van der Waals surface area contributed by atoms with Crippen LogP contribution in [0.3, 0.4) is 0 Å². The molecule has 7 heteroatoms. The van der Waals surface area contributed by atoms with E-state index in [-0.39, 0.29) is 0 Å². The zero-order chi connectivity index (χ0) is 11.9. The molecule has 0 radical (unpaired) electrons. The lowest BCUT2D eigenvalue weighted by Gasteiger charge is -2.13. The topological polar surface area (TPSA) is 84.6 Å². The summed E-state index contributed by atoms with van der Waals surface area (Å²) in [5.41, 5.74) is 1.11. The maximum atomic E-state index is 12.1. The fraction of sp³-hybridized carbons (Fsp3) is 0.333. The molecule has 1 aliphatic heterocycles. The first-order valence-corrected chi connectivity index (χ1v) is 6.51. The average molecular weight is 240 g/mol. The van der Waals surface area contributed by atoms with E-state index in [1.807, 2.05) is 6.92 Å². The van der Waals surface area contributed by atoms with Gasteiger partial charge in [-0.15, -0.1) is 0 Å². The highest BCUT2D eigenvalue weighted by molar-refractivity contribution is 7.90. The Hall–Kier alpha value is -0.885. The predicted octanol–water partition coefficient (Wildman–Crippen LogP) is -0.477. The van der Waals surface area contributed by atoms with Gasteiger partial charge >= 0.3 is 7.12 Å². The van der Waals surface area contributed by atoms with Crippen molar-refractivity contribution >= 4 is 22.5 Å². The van der Waals surface area contributed by atoms with Gasteiger partial charge in [-0.3, -0.25) is 0 Å². The first kappa shape index (κ1) is 11.6. The Morgan fingerprint density at radius 3 is 2.81 bits per heavy atom. The Balaban J connectivity index is 2.52. The van der Waals surface area contributed by atoms with Crippen molar-refractivity contribution in [3.63, 3.8) is 0 Å². The smallest absolute Gasteiger partial charge is 0.423 e. The number of nitrogens with zero attached hydrogens (tertiary/aromatic N) is 1. The van der Waals surface area contributed by atoms with Crippen LogP contribution in [0.4, 0.5) is 0 Å². The number of hydrogen-bond donors (Lipinski definition) is 3. The van der Waals surface area contributed by atoms with Gasteiger partial charge in [-0.2, -0.15) is 0 Å². The fourth-order valence-corrected chi connectivity index (χ4v) is 3.56. The summed E-state index contributed by atoms with van der Waals surface area (Å²) in [5.74, 6) is 0. The highest BCUT2D eigenvalue weighted by Crippen LogP contribution is 2.29. The molecule has 1 aromatic carbocycles. The largest absolute Gasteiger partial charge is 0.488 e. The molecule has 0 aliphatic carbocycles. The van der Waals surface area contributed by atoms with Gasteiger partial charge in [0.2, 0.25) is 0 Å². The van der Waals surface area contributed by atoms with Crippen molar-refractivity contribution in [2.24, 2.45) is 0 Å². The molecule has 0 spiro atoms. The molecule has 0 amide bonds. The van der Waals surface area contributed by atoms with Crippen molar-refractivity contribution in [3.05, 3.63) is 23.8 Å². The normalized spacial score (nSPS) is 24.4. The number of hydrogen-bond acceptors (Lipinski definition) is 4. The van der Waals surface area contributed by atoms with Gasteiger partial charge in [0.25, 0.3) is 0 Å². The Morgan fingerprint density at radius 1 is 1.56 bits per heavy atom. The van der Waals surface area contributed by atoms with Crippen LogP contribution in [0.25, 0.3) is 0 Å². The molecule has 3 N–H and O–H groups in total. The Labute approximate surface area is 95.0 Å². The van der Waals surface area contributed by atoms with Gasteiger partial charge < -0.3 is 10.0 Å². The average Bonchev–Trinajstić information content (AvgIpc) is 2.49. The molecule has 1 aromatic rings. The van der Waals surface area contributed by atoms with Gasteiger partial charge in [0.1, 0.15) is 9.92 Å². The zero-order valence-corrected chi connectivity index (χ0v) is 9.70. The minimum Gasteiger partial charge on any atom is -0.423 e. The highest BCUT2D eigenvalue weighted by atomic mass is 32.2. The molecule has 2 rings (SSSR count). The van der Waals surface area contributed by atoms with E-state index in [2.05, 4.69) is 0 Å². The van der Waals surface area contributed by atoms with Crippen molar-refractivity contribution in [2.45, 2.75) is 18.4 Å². The summed E-state index contributed by atoms with van der Waals surface area (Å²) >= 11 is 0. The van der Waals surface area contributed by atoms with Gasteiger partial charge in [-0.05, 0) is 17.1 Å². The third kappa shape index (κ3) is 1.65. The second kappa shape index (κ2) is 3.85. The maximum Gasteiger partial charge on any atom is 0.488 e. The third-order valence-electron chi connectivity index (χ3n) is 2.74. The molecule has 1 unspecified atom stereocenters. The van der Waals surface area contributed by atoms with Crippen LogP contribution in [0.1, 0.15) is 12.5 Å². The van der Waals surface area contributed by atoms with E-state index >= 15 is 0 Å². The lowest BCUT2D eigenvalue weighted by Crippen LogP contribution is -2.30. The molecule has 1 atom stereocenters. The third-order valence-corrected chi connectivity index (χ3v) is 4.85. The summed E-state index contributed by atoms with van der Waals surface area (Å²) in [4.78, 5) is 0.485. The molecule has 0 aromatic heterocycles. The van der Waals surface area contributed by atoms with E-state index in [1.165, 1.54) is 6.07 Å². The van der Waals surface area contributed by atoms with Crippen molar-refractivity contribution in [2.75, 3.05) is 6.54 Å². The Kier molecular flexibility index (Phi) is 2.79. The van der Waals surface area contributed by atoms with E-state index in [0.29, 0.717) is 23.4 Å². The second-order valence-electron chi connectivity index (χ2n) is 3.72. The van der Waals surface area contributed by atoms with E-state index < -0.39 is 17.0 Å². The lowest BCUT2D eigenvalue weighted by molar-refractivity contribution is 0.425. The monoisotopic (exact) mass is 240 g/mol. The summed E-state index contributed by atoms with van der Waals surface area (Å²) in [7, 11) is -4.39. The molecule has 86 valence electrons. The van der Waals surface area contributed by atoms with Crippen LogP contribution >= 0.6 is 0 Å². The van der Waals surface area contributed by atoms with Gasteiger partial charge in [-0.25, -0.2) is 13.3 Å². The van der Waals surface area contributed by atoms with E-state index in [1.54, 1.807) is 16.4 Å². The quantitative estimate of drug-likeness (QED) is 0.610. The summed E-state index contributed by atoms with van der Waals surface area (Å²) in [6.07, 6.45) is 0. The molecule has 5 nitrogen and oxygen atoms in total. The van der Waals surface area contributed by atoms with E-state index in [9.17, 15) is 4.21 Å². The first-order valence-electron chi connectivity index (χ1n) is 4.99. The molecule has 0 saturated heterocycles. The van der Waals surface area contributed by atoms with Crippen LogP contribution in [0.2, 0.25) is 0 Å². The van der Waals surface area contributed by atoms with E-state index in [0.717, 1.165) is 5.56 Å². The number of nitrogens with one attached hydrogen (secondary N) is 1. The molecule has 0 saturated carbocycles. The molecular formula is C9H13BN2O3S. The summed E-state index contributed by atoms with van der Waals surface area (Å²) in [6.45, 7) is 2.81. The van der Waals surface area contributed by atoms with Gasteiger partial charge in [-0.1, -0.05) is 19.1 Å². The Bertz CT molecular complexity index is 515. The predicted molar refractivity (Wildman–Crippen MR) is 61.5 cm³/mol. The summed E-state index contributed by atoms with van der Waals surface area (Å²) in [6, 6.07) is 4.65. The van der Waals surface area contributed by atoms with Crippen molar-refractivity contribution in [1.29, 1.82) is 4.78 Å². The second-order valence-corrected chi connectivity index (χ2v) is 5.73. The number of fused-ring (bicyclic) bond motifs is 1. The van der Waals surface area contributed by atoms with E-state index in [4.69, 9.17) is 14.8 Å². The van der Waals surface area contributed by atoms with Crippen LogP contribution in [-0.2, 0) is 16.5 Å². The van der Waals surface area contributed by atoms with Crippen LogP contribution in [0.5, 0.6) is 0 Å². The standard InChI is InChI=1S/C9H13BN2O3S/c1-2-12-6-7-5-8(10(13)14)3-4-9(7)16(12,11)15/h3-5,11,13-14H,2,6H2,1H3. The van der Waals surface area contributed by atoms with Crippen molar-refractivity contribution in [3.8, 4) is 0 Å². The molecule has 0 fully saturated rings. The Morgan fingerprint density at radius 2 is 2.25 bits per heavy atom. The number of rotatable bonds is 2. The molecule has 1 aliphatic rings. The van der Waals surface area contributed by atoms with Gasteiger partial charge in [0.05, 0.1) is 4.90 Å². The lowest BCUT2D eigenvalue weighted by atomic mass is 9.79. The first-order chi connectivity index (χ1) is 7.46. The van der Waals surface area contributed by atoms with Crippen LogP contribution in [0.15, 0.2) is 23.1 Å². The molecule has 0 bridgehead atoms. The van der Waals surface area contributed by atoms with Crippen LogP contribution < -0.4 is 5.46 Å². The molecule has 16 heavy (non-hydrogen) atoms. The zero-order valence-electron chi connectivity index (χ0n) is 8.88. The summed E-state index contributed by atoms with van der Waals surface area (Å²) < 4.78 is 21.5. The molecule has 1 heterocycles. The number of benzene rings is 1. The summed E-state index contributed by atoms with van der Waals surface area (Å²) in [5, 5.41) is 18.1. The van der Waals surface area contributed by atoms with Crippen LogP contribution in [0, 0.1) is 4.78 Å². The van der Waals surface area contributed by atoms with Crippen molar-refractivity contribution in [1.82, 2.24) is 4.31 Å². The maximum absolute atomic E-state index is 12.1. The van der Waals surface area contributed by atoms with Crippen LogP contribution in [-0.4, -0.2) is 32.2 Å². The minimum absolute atomic E-state index is 0.368. The minimum atomic E-state index is -2.87. The SMILES string of the molecule is CCN1Cc2cc(B(O)O)ccc2S1(=N)=O. The van der Waals surface area contributed by atoms with Gasteiger partial charge in [0.15, 0.2) is 0 Å².